The first kappa shape index (κ1) is 20.3. The Bertz CT molecular complexity index is 908. The molecule has 1 saturated carbocycles. The molecule has 1 aromatic heterocycles. The van der Waals surface area contributed by atoms with Crippen molar-refractivity contribution in [2.24, 2.45) is 0 Å². The Morgan fingerprint density at radius 3 is 2.72 bits per heavy atom. The van der Waals surface area contributed by atoms with Crippen LogP contribution in [0.2, 0.25) is 0 Å². The number of ether oxygens (including phenoxy) is 1. The molecule has 3 rings (SSSR count). The topological polar surface area (TPSA) is 110 Å². The molecule has 8 nitrogen and oxygen atoms in total. The van der Waals surface area contributed by atoms with E-state index in [9.17, 15) is 14.9 Å². The molecule has 2 aromatic rings. The number of aromatic nitrogens is 3. The van der Waals surface area contributed by atoms with Crippen molar-refractivity contribution in [2.75, 3.05) is 6.61 Å². The molecule has 1 aliphatic rings. The molecule has 0 saturated heterocycles. The fourth-order valence-electron chi connectivity index (χ4n) is 3.30. The zero-order chi connectivity index (χ0) is 20.5. The number of nitrogens with one attached hydrogen (secondary N) is 1. The number of rotatable bonds is 7. The third-order valence-corrected chi connectivity index (χ3v) is 4.78. The van der Waals surface area contributed by atoms with Crippen LogP contribution in [-0.2, 0) is 20.9 Å². The molecule has 29 heavy (non-hydrogen) atoms. The predicted octanol–water partition coefficient (Wildman–Crippen LogP) is 2.23. The Kier molecular flexibility index (Phi) is 6.74. The van der Waals surface area contributed by atoms with Gasteiger partial charge in [-0.1, -0.05) is 54.8 Å². The Morgan fingerprint density at radius 2 is 2.00 bits per heavy atom. The van der Waals surface area contributed by atoms with E-state index >= 15 is 0 Å². The van der Waals surface area contributed by atoms with Gasteiger partial charge in [0.15, 0.2) is 6.61 Å². The largest absolute Gasteiger partial charge is 0.452 e. The van der Waals surface area contributed by atoms with Crippen molar-refractivity contribution in [2.45, 2.75) is 44.2 Å². The van der Waals surface area contributed by atoms with Gasteiger partial charge < -0.3 is 10.1 Å². The van der Waals surface area contributed by atoms with Crippen LogP contribution in [0.4, 0.5) is 0 Å². The third kappa shape index (κ3) is 6.01. The molecule has 8 heteroatoms. The summed E-state index contributed by atoms with van der Waals surface area (Å²) in [7, 11) is 0. The van der Waals surface area contributed by atoms with Gasteiger partial charge in [0.1, 0.15) is 11.2 Å². The highest BCUT2D eigenvalue weighted by Crippen LogP contribution is 2.27. The van der Waals surface area contributed by atoms with Gasteiger partial charge in [0.05, 0.1) is 18.8 Å². The highest BCUT2D eigenvalue weighted by Gasteiger charge is 2.33. The van der Waals surface area contributed by atoms with Gasteiger partial charge in [0.25, 0.3) is 5.91 Å². The number of amides is 1. The minimum absolute atomic E-state index is 0.423. The van der Waals surface area contributed by atoms with Crippen molar-refractivity contribution in [1.29, 1.82) is 5.26 Å². The number of carbonyl (C=O) groups excluding carboxylic acids is 2. The van der Waals surface area contributed by atoms with E-state index in [4.69, 9.17) is 4.74 Å². The average molecular weight is 393 g/mol. The molecule has 1 aromatic carbocycles. The van der Waals surface area contributed by atoms with Gasteiger partial charge >= 0.3 is 5.97 Å². The van der Waals surface area contributed by atoms with Crippen LogP contribution >= 0.6 is 0 Å². The predicted molar refractivity (Wildman–Crippen MR) is 105 cm³/mol. The monoisotopic (exact) mass is 393 g/mol. The second-order valence-electron chi connectivity index (χ2n) is 7.07. The summed E-state index contributed by atoms with van der Waals surface area (Å²) in [6.07, 6.45) is 8.52. The minimum Gasteiger partial charge on any atom is -0.452 e. The average Bonchev–Trinajstić information content (AvgIpc) is 3.19. The number of carbonyl (C=O) groups is 2. The van der Waals surface area contributed by atoms with E-state index in [1.54, 1.807) is 10.9 Å². The lowest BCUT2D eigenvalue weighted by molar-refractivity contribution is -0.144. The van der Waals surface area contributed by atoms with E-state index in [2.05, 4.69) is 21.7 Å². The first-order valence-electron chi connectivity index (χ1n) is 9.60. The van der Waals surface area contributed by atoms with Crippen LogP contribution in [0, 0.1) is 11.3 Å². The van der Waals surface area contributed by atoms with Gasteiger partial charge in [-0.05, 0) is 24.5 Å². The van der Waals surface area contributed by atoms with Gasteiger partial charge in [-0.25, -0.2) is 9.48 Å². The van der Waals surface area contributed by atoms with E-state index < -0.39 is 24.0 Å². The summed E-state index contributed by atoms with van der Waals surface area (Å²) in [6.45, 7) is 0.153. The Hall–Kier alpha value is -3.47. The minimum atomic E-state index is -0.838. The van der Waals surface area contributed by atoms with Crippen LogP contribution < -0.4 is 5.32 Å². The summed E-state index contributed by atoms with van der Waals surface area (Å²) in [6, 6.07) is 12.0. The second kappa shape index (κ2) is 9.64. The smallest absolute Gasteiger partial charge is 0.331 e. The van der Waals surface area contributed by atoms with Crippen molar-refractivity contribution in [3.8, 4) is 6.07 Å². The molecule has 1 heterocycles. The standard InChI is InChI=1S/C21H23N5O3/c22-16-21(11-5-2-6-12-21)23-19(27)15-29-20(28)10-9-18-14-26(25-24-18)13-17-7-3-1-4-8-17/h1,3-4,7-10,14H,2,5-6,11-13,15H2,(H,23,27)/b10-9+. The summed E-state index contributed by atoms with van der Waals surface area (Å²) in [4.78, 5) is 23.9. The fourth-order valence-corrected chi connectivity index (χ4v) is 3.30. The molecule has 150 valence electrons. The van der Waals surface area contributed by atoms with Crippen LogP contribution in [0.15, 0.2) is 42.6 Å². The van der Waals surface area contributed by atoms with Crippen molar-refractivity contribution >= 4 is 18.0 Å². The summed E-state index contributed by atoms with van der Waals surface area (Å²) in [5.41, 5.74) is 0.758. The molecule has 1 fully saturated rings. The molecule has 0 unspecified atom stereocenters. The van der Waals surface area contributed by atoms with E-state index in [1.165, 1.54) is 12.2 Å². The van der Waals surface area contributed by atoms with Crippen LogP contribution in [0.25, 0.3) is 6.08 Å². The molecule has 1 amide bonds. The maximum atomic E-state index is 12.0. The number of esters is 1. The summed E-state index contributed by atoms with van der Waals surface area (Å²) in [5, 5.41) is 20.1. The molecule has 0 spiro atoms. The molecule has 1 N–H and O–H groups in total. The highest BCUT2D eigenvalue weighted by atomic mass is 16.5. The van der Waals surface area contributed by atoms with Gasteiger partial charge in [-0.2, -0.15) is 5.26 Å². The first-order valence-corrected chi connectivity index (χ1v) is 9.60. The van der Waals surface area contributed by atoms with Gasteiger partial charge in [-0.3, -0.25) is 4.79 Å². The van der Waals surface area contributed by atoms with Crippen LogP contribution in [0.3, 0.4) is 0 Å². The number of hydrogen-bond donors (Lipinski definition) is 1. The lowest BCUT2D eigenvalue weighted by Crippen LogP contribution is -2.49. The van der Waals surface area contributed by atoms with Gasteiger partial charge in [0, 0.05) is 6.08 Å². The number of nitriles is 1. The van der Waals surface area contributed by atoms with Gasteiger partial charge in [0.2, 0.25) is 0 Å². The highest BCUT2D eigenvalue weighted by molar-refractivity contribution is 5.89. The van der Waals surface area contributed by atoms with E-state index in [0.717, 1.165) is 24.8 Å². The molecule has 0 atom stereocenters. The Balaban J connectivity index is 1.45. The van der Waals surface area contributed by atoms with Crippen LogP contribution in [0.5, 0.6) is 0 Å². The fraction of sp³-hybridized carbons (Fsp3) is 0.381. The molecule has 0 radical (unpaired) electrons. The Labute approximate surface area is 169 Å². The van der Waals surface area contributed by atoms with E-state index in [-0.39, 0.29) is 0 Å². The normalized spacial score (nSPS) is 15.6. The zero-order valence-electron chi connectivity index (χ0n) is 16.1. The number of nitrogens with zero attached hydrogens (tertiary/aromatic N) is 4. The molecule has 0 bridgehead atoms. The molecule has 0 aliphatic heterocycles. The SMILES string of the molecule is N#CC1(NC(=O)COC(=O)/C=C/c2cn(Cc3ccccc3)nn2)CCCCC1. The quantitative estimate of drug-likeness (QED) is 0.570. The summed E-state index contributed by atoms with van der Waals surface area (Å²) >= 11 is 0. The lowest BCUT2D eigenvalue weighted by Gasteiger charge is -2.31. The van der Waals surface area contributed by atoms with Crippen molar-refractivity contribution in [3.63, 3.8) is 0 Å². The first-order chi connectivity index (χ1) is 14.1. The number of hydrogen-bond acceptors (Lipinski definition) is 6. The van der Waals surface area contributed by atoms with Crippen molar-refractivity contribution < 1.29 is 14.3 Å². The third-order valence-electron chi connectivity index (χ3n) is 4.78. The number of benzene rings is 1. The van der Waals surface area contributed by atoms with Crippen LogP contribution in [0.1, 0.15) is 43.4 Å². The molecule has 1 aliphatic carbocycles. The van der Waals surface area contributed by atoms with Crippen LogP contribution in [-0.4, -0.2) is 39.0 Å². The maximum Gasteiger partial charge on any atom is 0.331 e. The molecular formula is C21H23N5O3. The molecular weight excluding hydrogens is 370 g/mol. The van der Waals surface area contributed by atoms with Crippen molar-refractivity contribution in [3.05, 3.63) is 53.9 Å². The second-order valence-corrected chi connectivity index (χ2v) is 7.07. The van der Waals surface area contributed by atoms with E-state index in [1.807, 2.05) is 30.3 Å². The van der Waals surface area contributed by atoms with Crippen molar-refractivity contribution in [1.82, 2.24) is 20.3 Å². The summed E-state index contributed by atoms with van der Waals surface area (Å²) < 4.78 is 6.62. The zero-order valence-corrected chi connectivity index (χ0v) is 16.1. The lowest BCUT2D eigenvalue weighted by atomic mass is 9.83. The maximum absolute atomic E-state index is 12.0. The van der Waals surface area contributed by atoms with E-state index in [0.29, 0.717) is 25.1 Å². The Morgan fingerprint density at radius 1 is 1.24 bits per heavy atom. The summed E-state index contributed by atoms with van der Waals surface area (Å²) in [5.74, 6) is -1.13. The van der Waals surface area contributed by atoms with Gasteiger partial charge in [-0.15, -0.1) is 5.10 Å².